The van der Waals surface area contributed by atoms with Crippen LogP contribution in [0.3, 0.4) is 0 Å². The molecule has 1 aromatic rings. The maximum Gasteiger partial charge on any atom is 0.306 e. The van der Waals surface area contributed by atoms with Crippen LogP contribution in [0.25, 0.3) is 0 Å². The minimum atomic E-state index is -0.840. The Morgan fingerprint density at radius 1 is 1.32 bits per heavy atom. The summed E-state index contributed by atoms with van der Waals surface area (Å²) in [5, 5.41) is 12.2. The molecule has 104 valence electrons. The van der Waals surface area contributed by atoms with E-state index in [1.165, 1.54) is 0 Å². The maximum absolute atomic E-state index is 11.7. The molecule has 0 aromatic heterocycles. The third-order valence-electron chi connectivity index (χ3n) is 2.85. The van der Waals surface area contributed by atoms with Crippen LogP contribution in [-0.4, -0.2) is 17.0 Å². The number of carbonyl (C=O) groups is 2. The van der Waals surface area contributed by atoms with Crippen molar-refractivity contribution in [1.82, 2.24) is 0 Å². The maximum atomic E-state index is 11.7. The fourth-order valence-corrected chi connectivity index (χ4v) is 2.00. The topological polar surface area (TPSA) is 66.4 Å². The molecule has 0 fully saturated rings. The van der Waals surface area contributed by atoms with Gasteiger partial charge in [-0.25, -0.2) is 0 Å². The molecule has 1 rings (SSSR count). The summed E-state index contributed by atoms with van der Waals surface area (Å²) in [4.78, 5) is 22.7. The Balaban J connectivity index is 2.47. The summed E-state index contributed by atoms with van der Waals surface area (Å²) in [6, 6.07) is 6.95. The van der Waals surface area contributed by atoms with Crippen LogP contribution in [0.2, 0.25) is 5.02 Å². The molecule has 0 saturated carbocycles. The number of hydrogen-bond acceptors (Lipinski definition) is 2. The smallest absolute Gasteiger partial charge is 0.306 e. The first-order valence-electron chi connectivity index (χ1n) is 6.31. The number of para-hydroxylation sites is 1. The van der Waals surface area contributed by atoms with E-state index in [0.717, 1.165) is 6.42 Å². The van der Waals surface area contributed by atoms with E-state index >= 15 is 0 Å². The second-order valence-electron chi connectivity index (χ2n) is 4.39. The summed E-state index contributed by atoms with van der Waals surface area (Å²) in [5.74, 6) is -1.51. The van der Waals surface area contributed by atoms with E-state index in [-0.39, 0.29) is 12.3 Å². The first-order chi connectivity index (χ1) is 9.04. The van der Waals surface area contributed by atoms with Gasteiger partial charge in [-0.2, -0.15) is 0 Å². The molecule has 0 aliphatic rings. The van der Waals surface area contributed by atoms with Crippen LogP contribution >= 0.6 is 11.6 Å². The molecule has 1 amide bonds. The van der Waals surface area contributed by atoms with E-state index in [9.17, 15) is 9.59 Å². The highest BCUT2D eigenvalue weighted by Gasteiger charge is 2.17. The van der Waals surface area contributed by atoms with Gasteiger partial charge < -0.3 is 10.4 Å². The zero-order chi connectivity index (χ0) is 14.3. The lowest BCUT2D eigenvalue weighted by Crippen LogP contribution is -2.18. The Kier molecular flexibility index (Phi) is 6.36. The average Bonchev–Trinajstić information content (AvgIpc) is 2.37. The standard InChI is InChI=1S/C14H18ClNO3/c1-2-5-10(14(18)19)8-9-13(17)16-12-7-4-3-6-11(12)15/h3-4,6-7,10H,2,5,8-9H2,1H3,(H,16,17)(H,18,19). The van der Waals surface area contributed by atoms with Crippen LogP contribution in [0, 0.1) is 5.92 Å². The van der Waals surface area contributed by atoms with Crippen LogP contribution in [0.5, 0.6) is 0 Å². The highest BCUT2D eigenvalue weighted by Crippen LogP contribution is 2.21. The van der Waals surface area contributed by atoms with E-state index < -0.39 is 11.9 Å². The average molecular weight is 284 g/mol. The molecule has 0 bridgehead atoms. The number of carboxylic acid groups (broad SMARTS) is 1. The lowest BCUT2D eigenvalue weighted by molar-refractivity contribution is -0.142. The summed E-state index contributed by atoms with van der Waals surface area (Å²) in [6.45, 7) is 1.93. The molecule has 1 atom stereocenters. The van der Waals surface area contributed by atoms with Gasteiger partial charge in [-0.15, -0.1) is 0 Å². The van der Waals surface area contributed by atoms with E-state index in [1.54, 1.807) is 24.3 Å². The van der Waals surface area contributed by atoms with Gasteiger partial charge in [0.1, 0.15) is 0 Å². The Hall–Kier alpha value is -1.55. The Bertz CT molecular complexity index is 448. The second-order valence-corrected chi connectivity index (χ2v) is 4.80. The number of aliphatic carboxylic acids is 1. The van der Waals surface area contributed by atoms with Crippen molar-refractivity contribution in [3.05, 3.63) is 29.3 Å². The van der Waals surface area contributed by atoms with Gasteiger partial charge in [-0.3, -0.25) is 9.59 Å². The van der Waals surface area contributed by atoms with Gasteiger partial charge in [0.25, 0.3) is 0 Å². The van der Waals surface area contributed by atoms with Crippen molar-refractivity contribution in [3.63, 3.8) is 0 Å². The van der Waals surface area contributed by atoms with Crippen molar-refractivity contribution in [2.45, 2.75) is 32.6 Å². The van der Waals surface area contributed by atoms with Gasteiger partial charge >= 0.3 is 5.97 Å². The van der Waals surface area contributed by atoms with E-state index in [1.807, 2.05) is 6.92 Å². The number of amides is 1. The minimum Gasteiger partial charge on any atom is -0.481 e. The molecular weight excluding hydrogens is 266 g/mol. The molecule has 0 aliphatic carbocycles. The predicted octanol–water partition coefficient (Wildman–Crippen LogP) is 3.56. The fourth-order valence-electron chi connectivity index (χ4n) is 1.82. The van der Waals surface area contributed by atoms with Gasteiger partial charge in [-0.1, -0.05) is 37.1 Å². The molecule has 4 nitrogen and oxygen atoms in total. The van der Waals surface area contributed by atoms with Crippen molar-refractivity contribution >= 4 is 29.2 Å². The van der Waals surface area contributed by atoms with Gasteiger partial charge in [0, 0.05) is 6.42 Å². The van der Waals surface area contributed by atoms with Crippen molar-refractivity contribution in [3.8, 4) is 0 Å². The largest absolute Gasteiger partial charge is 0.481 e. The van der Waals surface area contributed by atoms with Crippen molar-refractivity contribution in [2.24, 2.45) is 5.92 Å². The third kappa shape index (κ3) is 5.30. The number of anilines is 1. The summed E-state index contributed by atoms with van der Waals surface area (Å²) >= 11 is 5.92. The third-order valence-corrected chi connectivity index (χ3v) is 3.18. The quantitative estimate of drug-likeness (QED) is 0.804. The number of carbonyl (C=O) groups excluding carboxylic acids is 1. The molecule has 5 heteroatoms. The number of halogens is 1. The fraction of sp³-hybridized carbons (Fsp3) is 0.429. The lowest BCUT2D eigenvalue weighted by Gasteiger charge is -2.11. The monoisotopic (exact) mass is 283 g/mol. The molecule has 0 saturated heterocycles. The van der Waals surface area contributed by atoms with Crippen LogP contribution in [-0.2, 0) is 9.59 Å². The number of benzene rings is 1. The molecule has 0 radical (unpaired) electrons. The molecule has 0 spiro atoms. The molecule has 1 aromatic carbocycles. The predicted molar refractivity (Wildman–Crippen MR) is 75.3 cm³/mol. The summed E-state index contributed by atoms with van der Waals surface area (Å²) in [7, 11) is 0. The summed E-state index contributed by atoms with van der Waals surface area (Å²) in [5.41, 5.74) is 0.552. The molecule has 0 heterocycles. The van der Waals surface area contributed by atoms with Gasteiger partial charge in [0.2, 0.25) is 5.91 Å². The number of rotatable bonds is 7. The summed E-state index contributed by atoms with van der Waals surface area (Å²) in [6.07, 6.45) is 1.92. The van der Waals surface area contributed by atoms with E-state index in [4.69, 9.17) is 16.7 Å². The Labute approximate surface area is 117 Å². The normalized spacial score (nSPS) is 11.9. The van der Waals surface area contributed by atoms with Crippen molar-refractivity contribution < 1.29 is 14.7 Å². The van der Waals surface area contributed by atoms with Crippen LogP contribution in [0.15, 0.2) is 24.3 Å². The summed E-state index contributed by atoms with van der Waals surface area (Å²) < 4.78 is 0. The van der Waals surface area contributed by atoms with E-state index in [2.05, 4.69) is 5.32 Å². The molecule has 19 heavy (non-hydrogen) atoms. The van der Waals surface area contributed by atoms with Crippen LogP contribution < -0.4 is 5.32 Å². The second kappa shape index (κ2) is 7.79. The zero-order valence-corrected chi connectivity index (χ0v) is 11.6. The van der Waals surface area contributed by atoms with Gasteiger partial charge in [-0.05, 0) is 25.0 Å². The van der Waals surface area contributed by atoms with Gasteiger partial charge in [0.05, 0.1) is 16.6 Å². The van der Waals surface area contributed by atoms with Crippen molar-refractivity contribution in [1.29, 1.82) is 0 Å². The minimum absolute atomic E-state index is 0.183. The Morgan fingerprint density at radius 3 is 2.58 bits per heavy atom. The number of nitrogens with one attached hydrogen (secondary N) is 1. The Morgan fingerprint density at radius 2 is 2.00 bits per heavy atom. The SMILES string of the molecule is CCCC(CCC(=O)Nc1ccccc1Cl)C(=O)O. The highest BCUT2D eigenvalue weighted by molar-refractivity contribution is 6.33. The zero-order valence-electron chi connectivity index (χ0n) is 10.9. The number of carboxylic acids is 1. The first-order valence-corrected chi connectivity index (χ1v) is 6.69. The number of hydrogen-bond donors (Lipinski definition) is 2. The molecule has 2 N–H and O–H groups in total. The lowest BCUT2D eigenvalue weighted by atomic mass is 9.98. The van der Waals surface area contributed by atoms with E-state index in [0.29, 0.717) is 23.6 Å². The van der Waals surface area contributed by atoms with Gasteiger partial charge in [0.15, 0.2) is 0 Å². The highest BCUT2D eigenvalue weighted by atomic mass is 35.5. The molecule has 1 unspecified atom stereocenters. The molecule has 0 aliphatic heterocycles. The van der Waals surface area contributed by atoms with Crippen LogP contribution in [0.1, 0.15) is 32.6 Å². The van der Waals surface area contributed by atoms with Crippen molar-refractivity contribution in [2.75, 3.05) is 5.32 Å². The first kappa shape index (κ1) is 15.5. The van der Waals surface area contributed by atoms with Crippen LogP contribution in [0.4, 0.5) is 5.69 Å². The molecular formula is C14H18ClNO3.